The molecular formula is C11H24O2Si. The second kappa shape index (κ2) is 4.58. The van der Waals surface area contributed by atoms with Gasteiger partial charge in [-0.2, -0.15) is 0 Å². The molecule has 14 heavy (non-hydrogen) atoms. The number of carbonyl (C=O) groups is 1. The maximum atomic E-state index is 10.6. The fourth-order valence-electron chi connectivity index (χ4n) is 0.859. The van der Waals surface area contributed by atoms with Gasteiger partial charge in [0, 0.05) is 5.92 Å². The summed E-state index contributed by atoms with van der Waals surface area (Å²) < 4.78 is 6.06. The molecule has 0 amide bonds. The van der Waals surface area contributed by atoms with Gasteiger partial charge in [-0.3, -0.25) is 0 Å². The molecule has 3 heteroatoms. The Balaban J connectivity index is 4.44. The summed E-state index contributed by atoms with van der Waals surface area (Å²) >= 11 is 0. The van der Waals surface area contributed by atoms with Gasteiger partial charge in [-0.1, -0.05) is 27.7 Å². The van der Waals surface area contributed by atoms with E-state index in [1.807, 2.05) is 13.8 Å². The van der Waals surface area contributed by atoms with E-state index in [1.54, 1.807) is 0 Å². The summed E-state index contributed by atoms with van der Waals surface area (Å²) in [6.07, 6.45) is 1.01. The van der Waals surface area contributed by atoms with E-state index in [4.69, 9.17) is 4.43 Å². The first-order valence-corrected chi connectivity index (χ1v) is 8.16. The molecular weight excluding hydrogens is 192 g/mol. The molecule has 2 atom stereocenters. The lowest BCUT2D eigenvalue weighted by Crippen LogP contribution is -2.44. The standard InChI is InChI=1S/C11H24O2Si/c1-9(8-12)10(2)13-14(6,7)11(3,4)5/h8-10H,1-7H3/t9-,10-/m1/s1. The van der Waals surface area contributed by atoms with Crippen LogP contribution in [0, 0.1) is 5.92 Å². The summed E-state index contributed by atoms with van der Waals surface area (Å²) in [5, 5.41) is 0.212. The van der Waals surface area contributed by atoms with Gasteiger partial charge in [0.25, 0.3) is 0 Å². The lowest BCUT2D eigenvalue weighted by molar-refractivity contribution is -0.112. The topological polar surface area (TPSA) is 26.3 Å². The zero-order valence-corrected chi connectivity index (χ0v) is 11.5. The number of carbonyl (C=O) groups excluding carboxylic acids is 1. The fraction of sp³-hybridized carbons (Fsp3) is 0.909. The average Bonchev–Trinajstić information content (AvgIpc) is 2.00. The first kappa shape index (κ1) is 13.8. The normalized spacial score (nSPS) is 17.6. The predicted molar refractivity (Wildman–Crippen MR) is 63.0 cm³/mol. The van der Waals surface area contributed by atoms with Gasteiger partial charge in [-0.15, -0.1) is 0 Å². The number of rotatable bonds is 4. The molecule has 0 radical (unpaired) electrons. The van der Waals surface area contributed by atoms with Crippen molar-refractivity contribution in [3.8, 4) is 0 Å². The van der Waals surface area contributed by atoms with E-state index in [1.165, 1.54) is 0 Å². The maximum absolute atomic E-state index is 10.6. The van der Waals surface area contributed by atoms with Crippen molar-refractivity contribution >= 4 is 14.6 Å². The van der Waals surface area contributed by atoms with Gasteiger partial charge in [-0.05, 0) is 25.1 Å². The monoisotopic (exact) mass is 216 g/mol. The Hall–Kier alpha value is -0.153. The number of hydrogen-bond acceptors (Lipinski definition) is 2. The highest BCUT2D eigenvalue weighted by atomic mass is 28.4. The zero-order valence-electron chi connectivity index (χ0n) is 10.5. The summed E-state index contributed by atoms with van der Waals surface area (Å²) in [5.41, 5.74) is 0. The van der Waals surface area contributed by atoms with Crippen molar-refractivity contribution in [1.29, 1.82) is 0 Å². The summed E-state index contributed by atoms with van der Waals surface area (Å²) in [7, 11) is -1.71. The van der Waals surface area contributed by atoms with E-state index < -0.39 is 8.32 Å². The summed E-state index contributed by atoms with van der Waals surface area (Å²) in [6.45, 7) is 14.9. The quantitative estimate of drug-likeness (QED) is 0.533. The van der Waals surface area contributed by atoms with E-state index >= 15 is 0 Å². The molecule has 0 aliphatic rings. The van der Waals surface area contributed by atoms with Gasteiger partial charge in [0.2, 0.25) is 0 Å². The van der Waals surface area contributed by atoms with Gasteiger partial charge in [0.15, 0.2) is 8.32 Å². The Morgan fingerprint density at radius 3 is 1.93 bits per heavy atom. The highest BCUT2D eigenvalue weighted by Crippen LogP contribution is 2.37. The van der Waals surface area contributed by atoms with Crippen molar-refractivity contribution in [3.63, 3.8) is 0 Å². The van der Waals surface area contributed by atoms with Crippen molar-refractivity contribution in [2.45, 2.75) is 58.9 Å². The maximum Gasteiger partial charge on any atom is 0.192 e. The fourth-order valence-corrected chi connectivity index (χ4v) is 2.36. The van der Waals surface area contributed by atoms with Crippen LogP contribution in [0.15, 0.2) is 0 Å². The average molecular weight is 216 g/mol. The summed E-state index contributed by atoms with van der Waals surface area (Å²) in [4.78, 5) is 10.6. The Labute approximate surface area is 89.2 Å². The molecule has 0 bridgehead atoms. The first-order valence-electron chi connectivity index (χ1n) is 5.25. The third-order valence-electron chi connectivity index (χ3n) is 3.24. The predicted octanol–water partition coefficient (Wildman–Crippen LogP) is 3.23. The highest BCUT2D eigenvalue weighted by Gasteiger charge is 2.39. The molecule has 0 aliphatic carbocycles. The molecule has 2 nitrogen and oxygen atoms in total. The van der Waals surface area contributed by atoms with Crippen LogP contribution >= 0.6 is 0 Å². The first-order chi connectivity index (χ1) is 6.12. The largest absolute Gasteiger partial charge is 0.414 e. The minimum Gasteiger partial charge on any atom is -0.414 e. The van der Waals surface area contributed by atoms with E-state index in [9.17, 15) is 4.79 Å². The zero-order chi connectivity index (χ0) is 11.6. The van der Waals surface area contributed by atoms with E-state index in [0.29, 0.717) is 0 Å². The molecule has 0 rings (SSSR count). The molecule has 0 unspecified atom stereocenters. The Kier molecular flexibility index (Phi) is 4.53. The van der Waals surface area contributed by atoms with Crippen LogP contribution in [0.3, 0.4) is 0 Å². The van der Waals surface area contributed by atoms with E-state index in [2.05, 4.69) is 33.9 Å². The SMILES string of the molecule is C[C@H](C=O)[C@@H](C)O[Si](C)(C)C(C)(C)C. The number of hydrogen-bond donors (Lipinski definition) is 0. The van der Waals surface area contributed by atoms with Crippen LogP contribution in [0.5, 0.6) is 0 Å². The van der Waals surface area contributed by atoms with Gasteiger partial charge in [0.1, 0.15) is 6.29 Å². The van der Waals surface area contributed by atoms with Gasteiger partial charge < -0.3 is 9.22 Å². The van der Waals surface area contributed by atoms with Crippen molar-refractivity contribution in [3.05, 3.63) is 0 Å². The second-order valence-corrected chi connectivity index (χ2v) is 10.3. The Bertz CT molecular complexity index is 194. The molecule has 0 aromatic heterocycles. The van der Waals surface area contributed by atoms with Crippen LogP contribution < -0.4 is 0 Å². The van der Waals surface area contributed by atoms with Crippen LogP contribution in [0.1, 0.15) is 34.6 Å². The highest BCUT2D eigenvalue weighted by molar-refractivity contribution is 6.74. The molecule has 0 aliphatic heterocycles. The van der Waals surface area contributed by atoms with Crippen LogP contribution in [-0.4, -0.2) is 20.7 Å². The second-order valence-electron chi connectivity index (χ2n) is 5.58. The third-order valence-corrected chi connectivity index (χ3v) is 7.82. The van der Waals surface area contributed by atoms with Gasteiger partial charge in [-0.25, -0.2) is 0 Å². The van der Waals surface area contributed by atoms with Crippen molar-refractivity contribution in [2.75, 3.05) is 0 Å². The Morgan fingerprint density at radius 1 is 1.21 bits per heavy atom. The molecule has 0 fully saturated rings. The lowest BCUT2D eigenvalue weighted by Gasteiger charge is -2.39. The molecule has 84 valence electrons. The minimum atomic E-state index is -1.71. The molecule has 0 aromatic rings. The smallest absolute Gasteiger partial charge is 0.192 e. The van der Waals surface area contributed by atoms with E-state index in [0.717, 1.165) is 6.29 Å². The summed E-state index contributed by atoms with van der Waals surface area (Å²) in [6, 6.07) is 0. The lowest BCUT2D eigenvalue weighted by atomic mass is 10.1. The van der Waals surface area contributed by atoms with Crippen LogP contribution in [0.4, 0.5) is 0 Å². The minimum absolute atomic E-state index is 0.0101. The molecule has 0 spiro atoms. The number of aldehydes is 1. The van der Waals surface area contributed by atoms with Crippen molar-refractivity contribution in [2.24, 2.45) is 5.92 Å². The van der Waals surface area contributed by atoms with Crippen molar-refractivity contribution < 1.29 is 9.22 Å². The molecule has 0 aromatic carbocycles. The third kappa shape index (κ3) is 3.54. The molecule has 0 saturated carbocycles. The van der Waals surface area contributed by atoms with Crippen LogP contribution in [0.2, 0.25) is 18.1 Å². The Morgan fingerprint density at radius 2 is 1.64 bits per heavy atom. The molecule has 0 heterocycles. The van der Waals surface area contributed by atoms with E-state index in [-0.39, 0.29) is 17.1 Å². The molecule has 0 N–H and O–H groups in total. The van der Waals surface area contributed by atoms with Gasteiger partial charge >= 0.3 is 0 Å². The van der Waals surface area contributed by atoms with Gasteiger partial charge in [0.05, 0.1) is 6.10 Å². The molecule has 0 saturated heterocycles. The van der Waals surface area contributed by atoms with Crippen molar-refractivity contribution in [1.82, 2.24) is 0 Å². The van der Waals surface area contributed by atoms with Crippen LogP contribution in [-0.2, 0) is 9.22 Å². The summed E-state index contributed by atoms with van der Waals surface area (Å²) in [5.74, 6) is -0.0101. The van der Waals surface area contributed by atoms with Crippen LogP contribution in [0.25, 0.3) is 0 Å².